The number of nitrogens with zero attached hydrogens (tertiary/aromatic N) is 1. The number of allylic oxidation sites excluding steroid dienone is 1. The Kier molecular flexibility index (Phi) is 5.98. The first-order valence-corrected chi connectivity index (χ1v) is 7.89. The molecule has 0 saturated heterocycles. The highest BCUT2D eigenvalue weighted by Gasteiger charge is 2.05. The average Bonchev–Trinajstić information content (AvgIpc) is 2.61. The predicted molar refractivity (Wildman–Crippen MR) is 96.4 cm³/mol. The Hall–Kier alpha value is -2.55. The lowest BCUT2D eigenvalue weighted by Gasteiger charge is -2.20. The minimum Gasteiger partial charge on any atom is -0.497 e. The lowest BCUT2D eigenvalue weighted by atomic mass is 10.1. The summed E-state index contributed by atoms with van der Waals surface area (Å²) >= 11 is 0. The molecular weight excluding hydrogens is 286 g/mol. The summed E-state index contributed by atoms with van der Waals surface area (Å²) in [7, 11) is 1.64. The molecule has 2 aromatic rings. The van der Waals surface area contributed by atoms with Crippen LogP contribution in [0, 0.1) is 0 Å². The standard InChI is InChI=1S/C20H23NO2/c1-4-21(5-2)18-11-9-17(10-12-18)20(22)15-8-16-6-13-19(23-3)14-7-16/h6-15H,4-5H2,1-3H3/b15-8+. The van der Waals surface area contributed by atoms with Gasteiger partial charge in [0.2, 0.25) is 0 Å². The summed E-state index contributed by atoms with van der Waals surface area (Å²) in [6.07, 6.45) is 3.42. The van der Waals surface area contributed by atoms with Crippen LogP contribution >= 0.6 is 0 Å². The number of carbonyl (C=O) groups excluding carboxylic acids is 1. The molecule has 2 rings (SSSR count). The first-order valence-electron chi connectivity index (χ1n) is 7.89. The minimum atomic E-state index is 0.00640. The molecule has 120 valence electrons. The highest BCUT2D eigenvalue weighted by atomic mass is 16.5. The summed E-state index contributed by atoms with van der Waals surface area (Å²) < 4.78 is 5.12. The second kappa shape index (κ2) is 8.18. The van der Waals surface area contributed by atoms with Crippen molar-refractivity contribution in [2.24, 2.45) is 0 Å². The molecule has 2 aromatic carbocycles. The van der Waals surface area contributed by atoms with E-state index in [1.165, 1.54) is 0 Å². The van der Waals surface area contributed by atoms with Crippen LogP contribution in [0.1, 0.15) is 29.8 Å². The Balaban J connectivity index is 2.06. The first kappa shape index (κ1) is 16.8. The van der Waals surface area contributed by atoms with E-state index in [0.29, 0.717) is 5.56 Å². The second-order valence-electron chi connectivity index (χ2n) is 5.19. The maximum atomic E-state index is 12.2. The van der Waals surface area contributed by atoms with Gasteiger partial charge in [0.25, 0.3) is 0 Å². The van der Waals surface area contributed by atoms with Gasteiger partial charge in [0.1, 0.15) is 5.75 Å². The van der Waals surface area contributed by atoms with Crippen molar-refractivity contribution in [3.8, 4) is 5.75 Å². The fourth-order valence-electron chi connectivity index (χ4n) is 2.41. The summed E-state index contributed by atoms with van der Waals surface area (Å²) in [6.45, 7) is 6.17. The Bertz CT molecular complexity index is 653. The third-order valence-corrected chi connectivity index (χ3v) is 3.82. The Morgan fingerprint density at radius 2 is 1.61 bits per heavy atom. The summed E-state index contributed by atoms with van der Waals surface area (Å²) in [5.74, 6) is 0.812. The lowest BCUT2D eigenvalue weighted by molar-refractivity contribution is 0.104. The number of hydrogen-bond donors (Lipinski definition) is 0. The predicted octanol–water partition coefficient (Wildman–Crippen LogP) is 4.44. The molecule has 0 spiro atoms. The summed E-state index contributed by atoms with van der Waals surface area (Å²) in [5.41, 5.74) is 2.82. The smallest absolute Gasteiger partial charge is 0.185 e. The Labute approximate surface area is 138 Å². The maximum absolute atomic E-state index is 12.2. The van der Waals surface area contributed by atoms with Crippen LogP contribution in [0.3, 0.4) is 0 Å². The van der Waals surface area contributed by atoms with Gasteiger partial charge in [-0.1, -0.05) is 18.2 Å². The summed E-state index contributed by atoms with van der Waals surface area (Å²) in [6, 6.07) is 15.4. The molecule has 0 aliphatic heterocycles. The zero-order valence-corrected chi connectivity index (χ0v) is 14.0. The van der Waals surface area contributed by atoms with E-state index in [-0.39, 0.29) is 5.78 Å². The maximum Gasteiger partial charge on any atom is 0.185 e. The van der Waals surface area contributed by atoms with Crippen molar-refractivity contribution in [2.75, 3.05) is 25.1 Å². The van der Waals surface area contributed by atoms with Crippen molar-refractivity contribution < 1.29 is 9.53 Å². The van der Waals surface area contributed by atoms with Crippen LogP contribution in [0.2, 0.25) is 0 Å². The quantitative estimate of drug-likeness (QED) is 0.559. The topological polar surface area (TPSA) is 29.5 Å². The van der Waals surface area contributed by atoms with E-state index in [0.717, 1.165) is 30.1 Å². The van der Waals surface area contributed by atoms with Gasteiger partial charge in [0.05, 0.1) is 7.11 Å². The van der Waals surface area contributed by atoms with Gasteiger partial charge in [-0.2, -0.15) is 0 Å². The zero-order chi connectivity index (χ0) is 16.7. The van der Waals surface area contributed by atoms with E-state index in [2.05, 4.69) is 18.7 Å². The molecule has 0 N–H and O–H groups in total. The third kappa shape index (κ3) is 4.46. The highest BCUT2D eigenvalue weighted by Crippen LogP contribution is 2.16. The van der Waals surface area contributed by atoms with Crippen LogP contribution in [0.4, 0.5) is 5.69 Å². The first-order chi connectivity index (χ1) is 11.2. The molecule has 23 heavy (non-hydrogen) atoms. The normalized spacial score (nSPS) is 10.7. The molecule has 0 saturated carbocycles. The summed E-state index contributed by atoms with van der Waals surface area (Å²) in [5, 5.41) is 0. The minimum absolute atomic E-state index is 0.00640. The molecule has 0 aromatic heterocycles. The van der Waals surface area contributed by atoms with E-state index in [4.69, 9.17) is 4.74 Å². The molecule has 0 heterocycles. The molecule has 3 nitrogen and oxygen atoms in total. The average molecular weight is 309 g/mol. The third-order valence-electron chi connectivity index (χ3n) is 3.82. The molecule has 3 heteroatoms. The van der Waals surface area contributed by atoms with Crippen LogP contribution in [0.15, 0.2) is 54.6 Å². The van der Waals surface area contributed by atoms with Crippen LogP contribution in [0.5, 0.6) is 5.75 Å². The number of rotatable bonds is 7. The van der Waals surface area contributed by atoms with Crippen LogP contribution < -0.4 is 9.64 Å². The fraction of sp³-hybridized carbons (Fsp3) is 0.250. The molecule has 0 atom stereocenters. The number of carbonyl (C=O) groups is 1. The number of anilines is 1. The van der Waals surface area contributed by atoms with E-state index in [1.54, 1.807) is 13.2 Å². The fourth-order valence-corrected chi connectivity index (χ4v) is 2.41. The van der Waals surface area contributed by atoms with Gasteiger partial charge in [-0.15, -0.1) is 0 Å². The van der Waals surface area contributed by atoms with Crippen molar-refractivity contribution in [3.63, 3.8) is 0 Å². The van der Waals surface area contributed by atoms with E-state index in [1.807, 2.05) is 54.6 Å². The van der Waals surface area contributed by atoms with Crippen molar-refractivity contribution >= 4 is 17.5 Å². The molecule has 0 aliphatic rings. The second-order valence-corrected chi connectivity index (χ2v) is 5.19. The molecule has 0 aliphatic carbocycles. The Morgan fingerprint density at radius 1 is 1.00 bits per heavy atom. The summed E-state index contributed by atoms with van der Waals surface area (Å²) in [4.78, 5) is 14.5. The monoisotopic (exact) mass is 309 g/mol. The van der Waals surface area contributed by atoms with E-state index < -0.39 is 0 Å². The van der Waals surface area contributed by atoms with Gasteiger partial charge in [-0.25, -0.2) is 0 Å². The molecule has 0 unspecified atom stereocenters. The van der Waals surface area contributed by atoms with Gasteiger partial charge >= 0.3 is 0 Å². The molecule has 0 radical (unpaired) electrons. The van der Waals surface area contributed by atoms with Gasteiger partial charge in [0, 0.05) is 24.3 Å². The zero-order valence-electron chi connectivity index (χ0n) is 14.0. The van der Waals surface area contributed by atoms with Gasteiger partial charge in [-0.05, 0) is 61.9 Å². The molecule has 0 amide bonds. The highest BCUT2D eigenvalue weighted by molar-refractivity contribution is 6.06. The van der Waals surface area contributed by atoms with Crippen molar-refractivity contribution in [1.82, 2.24) is 0 Å². The SMILES string of the molecule is CCN(CC)c1ccc(C(=O)/C=C/c2ccc(OC)cc2)cc1. The van der Waals surface area contributed by atoms with Gasteiger partial charge in [0.15, 0.2) is 5.78 Å². The van der Waals surface area contributed by atoms with Crippen LogP contribution in [-0.4, -0.2) is 26.0 Å². The van der Waals surface area contributed by atoms with Crippen molar-refractivity contribution in [3.05, 3.63) is 65.7 Å². The molecule has 0 fully saturated rings. The largest absolute Gasteiger partial charge is 0.497 e. The number of ketones is 1. The number of hydrogen-bond acceptors (Lipinski definition) is 3. The van der Waals surface area contributed by atoms with Gasteiger partial charge < -0.3 is 9.64 Å². The van der Waals surface area contributed by atoms with E-state index in [9.17, 15) is 4.79 Å². The van der Waals surface area contributed by atoms with Crippen molar-refractivity contribution in [1.29, 1.82) is 0 Å². The van der Waals surface area contributed by atoms with Gasteiger partial charge in [-0.3, -0.25) is 4.79 Å². The Morgan fingerprint density at radius 3 is 2.13 bits per heavy atom. The van der Waals surface area contributed by atoms with E-state index >= 15 is 0 Å². The lowest BCUT2D eigenvalue weighted by Crippen LogP contribution is -2.21. The number of benzene rings is 2. The van der Waals surface area contributed by atoms with Crippen molar-refractivity contribution in [2.45, 2.75) is 13.8 Å². The number of methoxy groups -OCH3 is 1. The number of ether oxygens (including phenoxy) is 1. The van der Waals surface area contributed by atoms with Crippen LogP contribution in [-0.2, 0) is 0 Å². The molecular formula is C20H23NO2. The van der Waals surface area contributed by atoms with Crippen LogP contribution in [0.25, 0.3) is 6.08 Å². The molecule has 0 bridgehead atoms.